The van der Waals surface area contributed by atoms with E-state index >= 15 is 0 Å². The van der Waals surface area contributed by atoms with Crippen molar-refractivity contribution in [1.82, 2.24) is 10.2 Å². The van der Waals surface area contributed by atoms with Crippen molar-refractivity contribution in [2.75, 3.05) is 19.6 Å². The summed E-state index contributed by atoms with van der Waals surface area (Å²) in [4.78, 5) is 24.9. The van der Waals surface area contributed by atoms with E-state index in [0.717, 1.165) is 25.8 Å². The van der Waals surface area contributed by atoms with Crippen LogP contribution in [0.5, 0.6) is 0 Å². The zero-order chi connectivity index (χ0) is 11.5. The monoisotopic (exact) mass is 225 g/mol. The minimum absolute atomic E-state index is 0.0413. The van der Waals surface area contributed by atoms with Crippen LogP contribution in [0.2, 0.25) is 0 Å². The van der Waals surface area contributed by atoms with Gasteiger partial charge in [-0.2, -0.15) is 0 Å². The number of rotatable bonds is 2. The van der Waals surface area contributed by atoms with Crippen LogP contribution in [0.15, 0.2) is 0 Å². The third kappa shape index (κ3) is 2.35. The molecule has 90 valence electrons. The second-order valence-electron chi connectivity index (χ2n) is 4.67. The second-order valence-corrected chi connectivity index (χ2v) is 4.67. The molecule has 0 aliphatic carbocycles. The summed E-state index contributed by atoms with van der Waals surface area (Å²) in [7, 11) is 0. The van der Waals surface area contributed by atoms with Gasteiger partial charge in [0.05, 0.1) is 12.0 Å². The lowest BCUT2D eigenvalue weighted by Crippen LogP contribution is -2.48. The Morgan fingerprint density at radius 2 is 2.06 bits per heavy atom. The molecule has 2 saturated heterocycles. The molecule has 2 amide bonds. The molecule has 16 heavy (non-hydrogen) atoms. The fraction of sp³-hybridized carbons (Fsp3) is 0.818. The fourth-order valence-corrected chi connectivity index (χ4v) is 2.48. The topological polar surface area (TPSA) is 75.4 Å². The molecule has 0 aromatic rings. The van der Waals surface area contributed by atoms with Gasteiger partial charge in [0.2, 0.25) is 11.8 Å². The van der Waals surface area contributed by atoms with Gasteiger partial charge in [-0.05, 0) is 25.8 Å². The lowest BCUT2D eigenvalue weighted by atomic mass is 10.0. The zero-order valence-corrected chi connectivity index (χ0v) is 9.45. The Morgan fingerprint density at radius 1 is 1.25 bits per heavy atom. The van der Waals surface area contributed by atoms with Crippen molar-refractivity contribution in [3.05, 3.63) is 0 Å². The number of hydrogen-bond donors (Lipinski definition) is 2. The summed E-state index contributed by atoms with van der Waals surface area (Å²) < 4.78 is 0. The van der Waals surface area contributed by atoms with Crippen LogP contribution < -0.4 is 11.1 Å². The summed E-state index contributed by atoms with van der Waals surface area (Å²) in [6.45, 7) is 2.10. The molecule has 2 heterocycles. The Balaban J connectivity index is 1.88. The second kappa shape index (κ2) is 4.82. The van der Waals surface area contributed by atoms with Gasteiger partial charge in [0.1, 0.15) is 0 Å². The molecule has 0 spiro atoms. The first-order chi connectivity index (χ1) is 7.68. The van der Waals surface area contributed by atoms with Crippen LogP contribution in [-0.4, -0.2) is 42.4 Å². The van der Waals surface area contributed by atoms with Crippen LogP contribution in [0, 0.1) is 5.92 Å². The average Bonchev–Trinajstić information content (AvgIpc) is 2.78. The lowest BCUT2D eigenvalue weighted by molar-refractivity contribution is -0.133. The number of nitrogens with two attached hydrogens (primary N) is 1. The van der Waals surface area contributed by atoms with Gasteiger partial charge in [0.25, 0.3) is 0 Å². The molecule has 0 aromatic heterocycles. The Kier molecular flexibility index (Phi) is 3.43. The number of nitrogens with zero attached hydrogens (tertiary/aromatic N) is 1. The molecule has 0 saturated carbocycles. The van der Waals surface area contributed by atoms with Crippen LogP contribution in [-0.2, 0) is 9.59 Å². The minimum Gasteiger partial charge on any atom is -0.369 e. The third-order valence-corrected chi connectivity index (χ3v) is 3.51. The van der Waals surface area contributed by atoms with E-state index in [4.69, 9.17) is 5.73 Å². The highest BCUT2D eigenvalue weighted by atomic mass is 16.2. The summed E-state index contributed by atoms with van der Waals surface area (Å²) in [6.07, 6.45) is 3.88. The summed E-state index contributed by atoms with van der Waals surface area (Å²) in [5.74, 6) is -0.289. The first-order valence-electron chi connectivity index (χ1n) is 6.00. The highest BCUT2D eigenvalue weighted by Crippen LogP contribution is 2.18. The molecule has 2 fully saturated rings. The van der Waals surface area contributed by atoms with Crippen molar-refractivity contribution in [3.63, 3.8) is 0 Å². The van der Waals surface area contributed by atoms with E-state index in [2.05, 4.69) is 5.32 Å². The summed E-state index contributed by atoms with van der Waals surface area (Å²) in [6, 6.07) is -0.0413. The number of primary amides is 1. The summed E-state index contributed by atoms with van der Waals surface area (Å²) in [5.41, 5.74) is 5.25. The van der Waals surface area contributed by atoms with E-state index in [0.29, 0.717) is 19.5 Å². The van der Waals surface area contributed by atoms with Gasteiger partial charge in [-0.25, -0.2) is 0 Å². The van der Waals surface area contributed by atoms with Crippen LogP contribution in [0.4, 0.5) is 0 Å². The van der Waals surface area contributed by atoms with Crippen molar-refractivity contribution in [2.24, 2.45) is 11.7 Å². The van der Waals surface area contributed by atoms with Crippen LogP contribution in [0.3, 0.4) is 0 Å². The Bertz CT molecular complexity index is 287. The van der Waals surface area contributed by atoms with Gasteiger partial charge >= 0.3 is 0 Å². The van der Waals surface area contributed by atoms with Gasteiger partial charge in [0.15, 0.2) is 0 Å². The molecule has 2 aliphatic heterocycles. The van der Waals surface area contributed by atoms with Crippen molar-refractivity contribution in [3.8, 4) is 0 Å². The van der Waals surface area contributed by atoms with Crippen molar-refractivity contribution >= 4 is 11.8 Å². The van der Waals surface area contributed by atoms with E-state index in [1.165, 1.54) is 0 Å². The van der Waals surface area contributed by atoms with Crippen LogP contribution in [0.1, 0.15) is 25.7 Å². The zero-order valence-electron chi connectivity index (χ0n) is 9.45. The Hall–Kier alpha value is -1.10. The molecule has 2 rings (SSSR count). The SMILES string of the molecule is NC(=O)C1CCN(C(=O)C2CCCCN2)C1. The first kappa shape index (κ1) is 11.4. The molecule has 3 N–H and O–H groups in total. The Morgan fingerprint density at radius 3 is 2.62 bits per heavy atom. The van der Waals surface area contributed by atoms with Gasteiger partial charge < -0.3 is 16.0 Å². The molecular weight excluding hydrogens is 206 g/mol. The Labute approximate surface area is 95.3 Å². The van der Waals surface area contributed by atoms with E-state index in [1.54, 1.807) is 4.90 Å². The molecule has 0 bridgehead atoms. The molecule has 5 nitrogen and oxygen atoms in total. The predicted octanol–water partition coefficient (Wildman–Crippen LogP) is -0.538. The molecule has 2 unspecified atom stereocenters. The van der Waals surface area contributed by atoms with E-state index in [-0.39, 0.29) is 23.8 Å². The maximum atomic E-state index is 12.1. The maximum Gasteiger partial charge on any atom is 0.239 e. The highest BCUT2D eigenvalue weighted by molar-refractivity contribution is 5.84. The average molecular weight is 225 g/mol. The number of carbonyl (C=O) groups is 2. The van der Waals surface area contributed by atoms with Crippen LogP contribution in [0.25, 0.3) is 0 Å². The highest BCUT2D eigenvalue weighted by Gasteiger charge is 2.33. The number of piperidine rings is 1. The largest absolute Gasteiger partial charge is 0.369 e. The minimum atomic E-state index is -0.285. The molecule has 5 heteroatoms. The maximum absolute atomic E-state index is 12.1. The molecule has 0 radical (unpaired) electrons. The quantitative estimate of drug-likeness (QED) is 0.663. The van der Waals surface area contributed by atoms with Gasteiger partial charge in [0, 0.05) is 13.1 Å². The third-order valence-electron chi connectivity index (χ3n) is 3.51. The smallest absolute Gasteiger partial charge is 0.239 e. The van der Waals surface area contributed by atoms with Crippen molar-refractivity contribution in [2.45, 2.75) is 31.7 Å². The summed E-state index contributed by atoms with van der Waals surface area (Å²) in [5, 5.41) is 3.23. The lowest BCUT2D eigenvalue weighted by Gasteiger charge is -2.27. The predicted molar refractivity (Wildman–Crippen MR) is 59.5 cm³/mol. The van der Waals surface area contributed by atoms with E-state index in [1.807, 2.05) is 0 Å². The van der Waals surface area contributed by atoms with Crippen molar-refractivity contribution < 1.29 is 9.59 Å². The summed E-state index contributed by atoms with van der Waals surface area (Å²) >= 11 is 0. The number of likely N-dealkylation sites (tertiary alicyclic amines) is 1. The van der Waals surface area contributed by atoms with Gasteiger partial charge in [-0.15, -0.1) is 0 Å². The number of amides is 2. The fourth-order valence-electron chi connectivity index (χ4n) is 2.48. The molecule has 0 aromatic carbocycles. The van der Waals surface area contributed by atoms with Gasteiger partial charge in [-0.1, -0.05) is 6.42 Å². The van der Waals surface area contributed by atoms with Crippen molar-refractivity contribution in [1.29, 1.82) is 0 Å². The standard InChI is InChI=1S/C11H19N3O2/c12-10(15)8-4-6-14(7-8)11(16)9-3-1-2-5-13-9/h8-9,13H,1-7H2,(H2,12,15). The normalized spacial score (nSPS) is 30.4. The first-order valence-corrected chi connectivity index (χ1v) is 6.00. The molecule has 2 aliphatic rings. The van der Waals surface area contributed by atoms with E-state index < -0.39 is 0 Å². The van der Waals surface area contributed by atoms with E-state index in [9.17, 15) is 9.59 Å². The molecule has 2 atom stereocenters. The number of carbonyl (C=O) groups excluding carboxylic acids is 2. The number of nitrogens with one attached hydrogen (secondary N) is 1. The van der Waals surface area contributed by atoms with Crippen LogP contribution >= 0.6 is 0 Å². The molecular formula is C11H19N3O2. The van der Waals surface area contributed by atoms with Gasteiger partial charge in [-0.3, -0.25) is 9.59 Å². The number of hydrogen-bond acceptors (Lipinski definition) is 3.